The van der Waals surface area contributed by atoms with Gasteiger partial charge in [-0.15, -0.1) is 0 Å². The van der Waals surface area contributed by atoms with Crippen molar-refractivity contribution in [3.63, 3.8) is 0 Å². The number of rotatable bonds is 7. The fourth-order valence-electron chi connectivity index (χ4n) is 2.84. The Labute approximate surface area is 175 Å². The predicted octanol–water partition coefficient (Wildman–Crippen LogP) is 2.99. The standard InChI is InChI=1S/C20H26N3O6P/c1-14(2)29-20(24)18-7-5-4-6-16(18)11-27-30(25)13-26-17(12-28-30)10-23-9-8-19(21)22-15(23)3/h4-9,14,17H,3,10-13H2,1-2H3,(H2,21,22)/t17-,30?/m0/s1. The summed E-state index contributed by atoms with van der Waals surface area (Å²) in [6.07, 6.45) is 2.65. The zero-order chi connectivity index (χ0) is 21.7. The summed E-state index contributed by atoms with van der Waals surface area (Å²) in [7, 11) is -3.45. The lowest BCUT2D eigenvalue weighted by Crippen LogP contribution is -2.37. The molecule has 9 nitrogen and oxygen atoms in total. The molecule has 1 aromatic rings. The molecule has 0 bridgehead atoms. The van der Waals surface area contributed by atoms with E-state index in [2.05, 4.69) is 11.6 Å². The van der Waals surface area contributed by atoms with E-state index in [4.69, 9.17) is 24.3 Å². The average Bonchev–Trinajstić information content (AvgIpc) is 2.70. The molecule has 1 aromatic carbocycles. The van der Waals surface area contributed by atoms with E-state index in [1.807, 2.05) is 0 Å². The van der Waals surface area contributed by atoms with E-state index >= 15 is 0 Å². The Morgan fingerprint density at radius 1 is 1.43 bits per heavy atom. The Morgan fingerprint density at radius 2 is 2.20 bits per heavy atom. The highest BCUT2D eigenvalue weighted by atomic mass is 31.2. The number of ether oxygens (including phenoxy) is 2. The molecule has 1 unspecified atom stereocenters. The monoisotopic (exact) mass is 435 g/mol. The molecule has 0 aliphatic carbocycles. The molecule has 2 aliphatic heterocycles. The number of benzene rings is 1. The van der Waals surface area contributed by atoms with E-state index in [0.717, 1.165) is 0 Å². The second kappa shape index (κ2) is 9.57. The molecule has 0 radical (unpaired) electrons. The Hall–Kier alpha value is -2.45. The molecule has 2 atom stereocenters. The third-order valence-corrected chi connectivity index (χ3v) is 5.87. The quantitative estimate of drug-likeness (QED) is 0.514. The summed E-state index contributed by atoms with van der Waals surface area (Å²) in [5.41, 5.74) is 6.56. The number of hydrogen-bond acceptors (Lipinski definition) is 9. The zero-order valence-electron chi connectivity index (χ0n) is 17.0. The van der Waals surface area contributed by atoms with Gasteiger partial charge in [-0.3, -0.25) is 4.57 Å². The minimum absolute atomic E-state index is 0.0612. The van der Waals surface area contributed by atoms with Gasteiger partial charge in [-0.05, 0) is 31.6 Å². The summed E-state index contributed by atoms with van der Waals surface area (Å²) in [4.78, 5) is 18.1. The lowest BCUT2D eigenvalue weighted by atomic mass is 10.1. The third-order valence-electron chi connectivity index (χ3n) is 4.34. The Morgan fingerprint density at radius 3 is 2.87 bits per heavy atom. The average molecular weight is 435 g/mol. The molecule has 162 valence electrons. The summed E-state index contributed by atoms with van der Waals surface area (Å²) in [6, 6.07) is 6.86. The van der Waals surface area contributed by atoms with Crippen molar-refractivity contribution in [3.05, 3.63) is 60.1 Å². The van der Waals surface area contributed by atoms with Gasteiger partial charge in [-0.25, -0.2) is 9.79 Å². The van der Waals surface area contributed by atoms with Crippen molar-refractivity contribution >= 4 is 19.4 Å². The largest absolute Gasteiger partial charge is 0.459 e. The third kappa shape index (κ3) is 5.79. The maximum Gasteiger partial charge on any atom is 0.356 e. The predicted molar refractivity (Wildman–Crippen MR) is 112 cm³/mol. The van der Waals surface area contributed by atoms with Crippen LogP contribution in [0, 0.1) is 0 Å². The van der Waals surface area contributed by atoms with Crippen molar-refractivity contribution in [2.24, 2.45) is 10.7 Å². The first-order chi connectivity index (χ1) is 14.3. The van der Waals surface area contributed by atoms with Crippen LogP contribution in [0.3, 0.4) is 0 Å². The number of nitrogens with two attached hydrogens (primary N) is 1. The number of aliphatic imine (C=N–C) groups is 1. The van der Waals surface area contributed by atoms with E-state index < -0.39 is 13.6 Å². The van der Waals surface area contributed by atoms with E-state index in [-0.39, 0.29) is 31.8 Å². The zero-order valence-corrected chi connectivity index (χ0v) is 17.9. The molecule has 10 heteroatoms. The molecule has 1 fully saturated rings. The van der Waals surface area contributed by atoms with Gasteiger partial charge in [0.1, 0.15) is 24.1 Å². The van der Waals surface area contributed by atoms with Gasteiger partial charge in [0, 0.05) is 6.20 Å². The number of esters is 1. The fraction of sp³-hybridized carbons (Fsp3) is 0.400. The van der Waals surface area contributed by atoms with Crippen molar-refractivity contribution in [1.82, 2.24) is 4.90 Å². The molecule has 2 aliphatic rings. The summed E-state index contributed by atoms with van der Waals surface area (Å²) >= 11 is 0. The van der Waals surface area contributed by atoms with Gasteiger partial charge >= 0.3 is 13.6 Å². The van der Waals surface area contributed by atoms with Crippen molar-refractivity contribution < 1.29 is 27.9 Å². The van der Waals surface area contributed by atoms with Crippen LogP contribution in [0.15, 0.2) is 53.9 Å². The highest BCUT2D eigenvalue weighted by Gasteiger charge is 2.34. The second-order valence-electron chi connectivity index (χ2n) is 7.13. The first kappa shape index (κ1) is 22.2. The number of carbonyl (C=O) groups excluding carboxylic acids is 1. The number of nitrogens with zero attached hydrogens (tertiary/aromatic N) is 2. The van der Waals surface area contributed by atoms with Crippen LogP contribution in [0.1, 0.15) is 29.8 Å². The maximum atomic E-state index is 12.8. The van der Waals surface area contributed by atoms with Crippen LogP contribution in [0.4, 0.5) is 0 Å². The molecule has 1 saturated heterocycles. The van der Waals surface area contributed by atoms with E-state index in [0.29, 0.717) is 29.3 Å². The van der Waals surface area contributed by atoms with Crippen LogP contribution in [-0.2, 0) is 29.7 Å². The molecule has 30 heavy (non-hydrogen) atoms. The summed E-state index contributed by atoms with van der Waals surface area (Å²) in [6.45, 7) is 7.84. The van der Waals surface area contributed by atoms with E-state index in [1.165, 1.54) is 0 Å². The molecule has 3 rings (SSSR count). The molecule has 2 N–H and O–H groups in total. The van der Waals surface area contributed by atoms with Gasteiger partial charge < -0.3 is 29.2 Å². The molecule has 0 aromatic heterocycles. The summed E-state index contributed by atoms with van der Waals surface area (Å²) in [5.74, 6) is 0.419. The van der Waals surface area contributed by atoms with E-state index in [1.54, 1.807) is 55.3 Å². The lowest BCUT2D eigenvalue weighted by molar-refractivity contribution is -0.0149. The molecular formula is C20H26N3O6P. The lowest BCUT2D eigenvalue weighted by Gasteiger charge is -2.32. The molecule has 0 spiro atoms. The maximum absolute atomic E-state index is 12.8. The SMILES string of the molecule is C=C1N=C(N)C=CN1C[C@H]1COP(=O)(OCc2ccccc2C(=O)OC(C)C)CO1. The topological polar surface area (TPSA) is 113 Å². The summed E-state index contributed by atoms with van der Waals surface area (Å²) in [5, 5.41) is 0. The van der Waals surface area contributed by atoms with Crippen molar-refractivity contribution in [2.75, 3.05) is 19.5 Å². The van der Waals surface area contributed by atoms with E-state index in [9.17, 15) is 9.36 Å². The van der Waals surface area contributed by atoms with Crippen molar-refractivity contribution in [2.45, 2.75) is 32.7 Å². The van der Waals surface area contributed by atoms with Gasteiger partial charge in [0.2, 0.25) is 0 Å². The minimum Gasteiger partial charge on any atom is -0.459 e. The Bertz CT molecular complexity index is 902. The van der Waals surface area contributed by atoms with Gasteiger partial charge in [-0.2, -0.15) is 0 Å². The first-order valence-electron chi connectivity index (χ1n) is 9.52. The van der Waals surface area contributed by atoms with Crippen LogP contribution in [0.2, 0.25) is 0 Å². The van der Waals surface area contributed by atoms with Crippen LogP contribution in [-0.4, -0.2) is 48.4 Å². The minimum atomic E-state index is -3.45. The smallest absolute Gasteiger partial charge is 0.356 e. The van der Waals surface area contributed by atoms with Crippen LogP contribution in [0.25, 0.3) is 0 Å². The number of amidine groups is 1. The molecule has 0 saturated carbocycles. The van der Waals surface area contributed by atoms with Gasteiger partial charge in [0.25, 0.3) is 0 Å². The second-order valence-corrected chi connectivity index (χ2v) is 9.13. The molecule has 2 heterocycles. The van der Waals surface area contributed by atoms with Crippen LogP contribution < -0.4 is 5.73 Å². The van der Waals surface area contributed by atoms with Crippen LogP contribution in [0.5, 0.6) is 0 Å². The van der Waals surface area contributed by atoms with Gasteiger partial charge in [0.15, 0.2) is 0 Å². The van der Waals surface area contributed by atoms with Gasteiger partial charge in [0.05, 0.1) is 31.4 Å². The number of hydrogen-bond donors (Lipinski definition) is 1. The Balaban J connectivity index is 1.53. The molecule has 0 amide bonds. The first-order valence-corrected chi connectivity index (χ1v) is 11.2. The summed E-state index contributed by atoms with van der Waals surface area (Å²) < 4.78 is 34.8. The van der Waals surface area contributed by atoms with Crippen LogP contribution >= 0.6 is 7.60 Å². The number of carbonyl (C=O) groups is 1. The van der Waals surface area contributed by atoms with Gasteiger partial charge in [-0.1, -0.05) is 24.8 Å². The Kier molecular flexibility index (Phi) is 7.10. The fourth-order valence-corrected chi connectivity index (χ4v) is 4.18. The van der Waals surface area contributed by atoms with Crippen molar-refractivity contribution in [3.8, 4) is 0 Å². The highest BCUT2D eigenvalue weighted by Crippen LogP contribution is 2.51. The van der Waals surface area contributed by atoms with Crippen molar-refractivity contribution in [1.29, 1.82) is 0 Å². The normalized spacial score (nSPS) is 24.1. The highest BCUT2D eigenvalue weighted by molar-refractivity contribution is 7.53. The molecular weight excluding hydrogens is 409 g/mol.